The van der Waals surface area contributed by atoms with Gasteiger partial charge >= 0.3 is 0 Å². The molecule has 3 aromatic heterocycles. The summed E-state index contributed by atoms with van der Waals surface area (Å²) in [6, 6.07) is 14.0. The smallest absolute Gasteiger partial charge is 0.257 e. The number of hydrogen-bond acceptors (Lipinski definition) is 6. The van der Waals surface area contributed by atoms with Gasteiger partial charge in [0.15, 0.2) is 5.60 Å². The Bertz CT molecular complexity index is 1080. The van der Waals surface area contributed by atoms with Crippen LogP contribution in [0.25, 0.3) is 0 Å². The first-order valence-electron chi connectivity index (χ1n) is 11.0. The molecule has 0 aliphatic carbocycles. The number of morpholine rings is 1. The maximum atomic E-state index is 13.9. The zero-order valence-electron chi connectivity index (χ0n) is 18.2. The summed E-state index contributed by atoms with van der Waals surface area (Å²) in [7, 11) is 0. The highest BCUT2D eigenvalue weighted by molar-refractivity contribution is 5.88. The van der Waals surface area contributed by atoms with Crippen LogP contribution in [0.15, 0.2) is 67.3 Å². The number of nitrogens with zero attached hydrogens (tertiary/aromatic N) is 5. The average molecular weight is 430 g/mol. The van der Waals surface area contributed by atoms with Crippen LogP contribution in [0.1, 0.15) is 28.4 Å². The zero-order valence-corrected chi connectivity index (χ0v) is 18.2. The van der Waals surface area contributed by atoms with Gasteiger partial charge in [0.25, 0.3) is 5.91 Å². The summed E-state index contributed by atoms with van der Waals surface area (Å²) in [5.41, 5.74) is 3.18. The molecule has 2 fully saturated rings. The lowest BCUT2D eigenvalue weighted by atomic mass is 9.83. The third kappa shape index (κ3) is 4.01. The van der Waals surface area contributed by atoms with Crippen LogP contribution in [0, 0.1) is 6.92 Å². The SMILES string of the molecule is Cc1cccc(CN2CC(c3cccnc3)C3(C2)OCCN(Cc2ccncc2)C3=O)n1. The quantitative estimate of drug-likeness (QED) is 0.621. The minimum atomic E-state index is -0.919. The van der Waals surface area contributed by atoms with Crippen LogP contribution < -0.4 is 0 Å². The number of rotatable bonds is 5. The van der Waals surface area contributed by atoms with Gasteiger partial charge in [-0.15, -0.1) is 0 Å². The van der Waals surface area contributed by atoms with Gasteiger partial charge in [0, 0.05) is 69.1 Å². The molecule has 0 aromatic carbocycles. The Balaban J connectivity index is 1.45. The lowest BCUT2D eigenvalue weighted by Crippen LogP contribution is -2.59. The van der Waals surface area contributed by atoms with Gasteiger partial charge in [-0.25, -0.2) is 0 Å². The minimum Gasteiger partial charge on any atom is -0.361 e. The summed E-state index contributed by atoms with van der Waals surface area (Å²) >= 11 is 0. The molecule has 7 nitrogen and oxygen atoms in total. The van der Waals surface area contributed by atoms with Crippen LogP contribution in [0.5, 0.6) is 0 Å². The Hall–Kier alpha value is -3.16. The van der Waals surface area contributed by atoms with Crippen LogP contribution in [-0.2, 0) is 22.6 Å². The highest BCUT2D eigenvalue weighted by Crippen LogP contribution is 2.42. The first-order valence-corrected chi connectivity index (χ1v) is 11.0. The molecular weight excluding hydrogens is 402 g/mol. The number of ether oxygens (including phenoxy) is 1. The van der Waals surface area contributed by atoms with E-state index in [9.17, 15) is 4.79 Å². The number of aromatic nitrogens is 3. The van der Waals surface area contributed by atoms with Crippen molar-refractivity contribution in [2.75, 3.05) is 26.2 Å². The van der Waals surface area contributed by atoms with E-state index in [4.69, 9.17) is 4.74 Å². The largest absolute Gasteiger partial charge is 0.361 e. The van der Waals surface area contributed by atoms with E-state index >= 15 is 0 Å². The predicted molar refractivity (Wildman–Crippen MR) is 120 cm³/mol. The maximum Gasteiger partial charge on any atom is 0.257 e. The predicted octanol–water partition coefficient (Wildman–Crippen LogP) is 2.58. The van der Waals surface area contributed by atoms with E-state index in [2.05, 4.69) is 19.9 Å². The Kier molecular flexibility index (Phi) is 5.68. The van der Waals surface area contributed by atoms with Crippen LogP contribution >= 0.6 is 0 Å². The van der Waals surface area contributed by atoms with Crippen molar-refractivity contribution < 1.29 is 9.53 Å². The molecule has 3 aromatic rings. The molecule has 164 valence electrons. The van der Waals surface area contributed by atoms with Gasteiger partial charge in [0.05, 0.1) is 12.3 Å². The molecule has 1 spiro atoms. The first kappa shape index (κ1) is 20.7. The van der Waals surface area contributed by atoms with Crippen LogP contribution in [0.4, 0.5) is 0 Å². The normalized spacial score (nSPS) is 23.7. The van der Waals surface area contributed by atoms with Gasteiger partial charge in [-0.3, -0.25) is 24.6 Å². The molecule has 2 aliphatic rings. The van der Waals surface area contributed by atoms with Gasteiger partial charge in [-0.05, 0) is 48.4 Å². The molecule has 5 heterocycles. The molecule has 0 radical (unpaired) electrons. The van der Waals surface area contributed by atoms with Crippen molar-refractivity contribution in [1.82, 2.24) is 24.8 Å². The second kappa shape index (κ2) is 8.76. The molecule has 0 bridgehead atoms. The second-order valence-electron chi connectivity index (χ2n) is 8.60. The van der Waals surface area contributed by atoms with E-state index in [0.29, 0.717) is 32.8 Å². The molecule has 32 heavy (non-hydrogen) atoms. The summed E-state index contributed by atoms with van der Waals surface area (Å²) in [4.78, 5) is 31.2. The highest BCUT2D eigenvalue weighted by atomic mass is 16.5. The van der Waals surface area contributed by atoms with Gasteiger partial charge in [0.1, 0.15) is 0 Å². The van der Waals surface area contributed by atoms with Crippen molar-refractivity contribution in [2.24, 2.45) is 0 Å². The van der Waals surface area contributed by atoms with Crippen LogP contribution in [0.2, 0.25) is 0 Å². The number of carbonyl (C=O) groups is 1. The van der Waals surface area contributed by atoms with E-state index in [1.54, 1.807) is 18.6 Å². The Labute approximate surface area is 188 Å². The lowest BCUT2D eigenvalue weighted by molar-refractivity contribution is -0.173. The summed E-state index contributed by atoms with van der Waals surface area (Å²) in [5, 5.41) is 0. The van der Waals surface area contributed by atoms with E-state index in [1.165, 1.54) is 0 Å². The number of hydrogen-bond donors (Lipinski definition) is 0. The fraction of sp³-hybridized carbons (Fsp3) is 0.360. The van der Waals surface area contributed by atoms with Crippen molar-refractivity contribution in [2.45, 2.75) is 31.5 Å². The summed E-state index contributed by atoms with van der Waals surface area (Å²) in [5.74, 6) is -0.0390. The van der Waals surface area contributed by atoms with Crippen LogP contribution in [-0.4, -0.2) is 62.5 Å². The summed E-state index contributed by atoms with van der Waals surface area (Å²) in [6.45, 7) is 5.60. The third-order valence-corrected chi connectivity index (χ3v) is 6.37. The van der Waals surface area contributed by atoms with Crippen LogP contribution in [0.3, 0.4) is 0 Å². The Morgan fingerprint density at radius 3 is 2.72 bits per heavy atom. The summed E-state index contributed by atoms with van der Waals surface area (Å²) in [6.07, 6.45) is 7.15. The Morgan fingerprint density at radius 2 is 1.94 bits per heavy atom. The molecule has 0 saturated carbocycles. The van der Waals surface area contributed by atoms with Gasteiger partial charge in [-0.1, -0.05) is 12.1 Å². The number of amides is 1. The minimum absolute atomic E-state index is 0.0501. The monoisotopic (exact) mass is 429 g/mol. The topological polar surface area (TPSA) is 71.5 Å². The van der Waals surface area contributed by atoms with Gasteiger partial charge < -0.3 is 9.64 Å². The van der Waals surface area contributed by atoms with Crippen molar-refractivity contribution in [3.63, 3.8) is 0 Å². The van der Waals surface area contributed by atoms with E-state index in [0.717, 1.165) is 29.1 Å². The molecule has 7 heteroatoms. The van der Waals surface area contributed by atoms with E-state index in [-0.39, 0.29) is 11.8 Å². The van der Waals surface area contributed by atoms with Crippen molar-refractivity contribution in [3.8, 4) is 0 Å². The molecule has 1 amide bonds. The molecule has 5 rings (SSSR count). The van der Waals surface area contributed by atoms with E-state index < -0.39 is 5.60 Å². The molecule has 2 unspecified atom stereocenters. The van der Waals surface area contributed by atoms with E-state index in [1.807, 2.05) is 60.5 Å². The van der Waals surface area contributed by atoms with Crippen molar-refractivity contribution in [3.05, 3.63) is 89.8 Å². The fourth-order valence-electron chi connectivity index (χ4n) is 4.90. The van der Waals surface area contributed by atoms with Crippen molar-refractivity contribution >= 4 is 5.91 Å². The third-order valence-electron chi connectivity index (χ3n) is 6.37. The number of carbonyl (C=O) groups excluding carboxylic acids is 1. The van der Waals surface area contributed by atoms with Crippen molar-refractivity contribution in [1.29, 1.82) is 0 Å². The molecule has 0 N–H and O–H groups in total. The molecule has 2 saturated heterocycles. The zero-order chi connectivity index (χ0) is 22.0. The summed E-state index contributed by atoms with van der Waals surface area (Å²) < 4.78 is 6.37. The molecule has 2 atom stereocenters. The lowest BCUT2D eigenvalue weighted by Gasteiger charge is -2.42. The number of likely N-dealkylation sites (tertiary alicyclic amines) is 1. The number of pyridine rings is 3. The molecular formula is C25H27N5O2. The van der Waals surface area contributed by atoms with Gasteiger partial charge in [-0.2, -0.15) is 0 Å². The Morgan fingerprint density at radius 1 is 1.06 bits per heavy atom. The van der Waals surface area contributed by atoms with Gasteiger partial charge in [0.2, 0.25) is 0 Å². The highest BCUT2D eigenvalue weighted by Gasteiger charge is 2.57. The first-order chi connectivity index (χ1) is 15.6. The number of aryl methyl sites for hydroxylation is 1. The maximum absolute atomic E-state index is 13.9. The average Bonchev–Trinajstić information content (AvgIpc) is 3.17. The fourth-order valence-corrected chi connectivity index (χ4v) is 4.90. The standard InChI is InChI=1S/C25H27N5O2/c1-19-4-2-6-22(28-19)16-29-17-23(21-5-3-9-27-14-21)25(18-29)24(31)30(12-13-32-25)15-20-7-10-26-11-8-20/h2-11,14,23H,12-13,15-18H2,1H3. The second-order valence-corrected chi connectivity index (χ2v) is 8.60. The molecule has 2 aliphatic heterocycles.